The highest BCUT2D eigenvalue weighted by Gasteiger charge is 2.56. The molecule has 186 valence electrons. The molecule has 0 aliphatic carbocycles. The number of carbonyl (C=O) groups excluding carboxylic acids is 4. The van der Waals surface area contributed by atoms with Gasteiger partial charge in [0, 0.05) is 38.3 Å². The molecular weight excluding hydrogens is 440 g/mol. The van der Waals surface area contributed by atoms with Crippen molar-refractivity contribution in [3.63, 3.8) is 0 Å². The van der Waals surface area contributed by atoms with Crippen LogP contribution in [0.15, 0.2) is 12.2 Å². The van der Waals surface area contributed by atoms with Gasteiger partial charge in [-0.1, -0.05) is 20.8 Å². The van der Waals surface area contributed by atoms with Crippen molar-refractivity contribution >= 4 is 29.8 Å². The maximum absolute atomic E-state index is 12.3. The number of esters is 4. The highest BCUT2D eigenvalue weighted by atomic mass is 16.8. The van der Waals surface area contributed by atoms with Crippen LogP contribution in [0.3, 0.4) is 0 Å². The molecular formula is C22H32O11. The van der Waals surface area contributed by atoms with Gasteiger partial charge in [0.05, 0.1) is 6.61 Å². The van der Waals surface area contributed by atoms with Crippen LogP contribution in [0, 0.1) is 0 Å². The highest BCUT2D eigenvalue weighted by Crippen LogP contribution is 2.34. The zero-order valence-corrected chi connectivity index (χ0v) is 19.4. The van der Waals surface area contributed by atoms with Crippen molar-refractivity contribution < 1.29 is 52.8 Å². The summed E-state index contributed by atoms with van der Waals surface area (Å²) < 4.78 is 27.3. The quantitative estimate of drug-likeness (QED) is 0.252. The van der Waals surface area contributed by atoms with Gasteiger partial charge in [-0.25, -0.2) is 9.59 Å². The van der Waals surface area contributed by atoms with E-state index >= 15 is 0 Å². The molecule has 1 saturated heterocycles. The first-order valence-electron chi connectivity index (χ1n) is 10.9. The lowest BCUT2D eigenvalue weighted by atomic mass is 9.96. The van der Waals surface area contributed by atoms with Gasteiger partial charge in [0.2, 0.25) is 6.10 Å². The van der Waals surface area contributed by atoms with E-state index < -0.39 is 53.9 Å². The molecule has 0 amide bonds. The number of carboxylic acid groups (broad SMARTS) is 1. The van der Waals surface area contributed by atoms with Gasteiger partial charge < -0.3 is 28.8 Å². The molecule has 1 N–H and O–H groups in total. The first kappa shape index (κ1) is 28.1. The largest absolute Gasteiger partial charge is 0.478 e. The molecule has 0 spiro atoms. The second kappa shape index (κ2) is 13.6. The van der Waals surface area contributed by atoms with Crippen LogP contribution in [-0.2, 0) is 47.7 Å². The van der Waals surface area contributed by atoms with Crippen LogP contribution >= 0.6 is 0 Å². The number of carbonyl (C=O) groups is 5. The van der Waals surface area contributed by atoms with Crippen LogP contribution < -0.4 is 0 Å². The Hall–Kier alpha value is -2.95. The molecule has 4 atom stereocenters. The molecule has 1 rings (SSSR count). The SMILES string of the molecule is CCCC(=O)O[C@@H]1[C@@H](OC(=O)CCC)[C@@](C)(OC(=O)/C=C/C(=O)O)OC[C@H]1OC(=O)CCC. The van der Waals surface area contributed by atoms with Crippen LogP contribution in [0.4, 0.5) is 0 Å². The van der Waals surface area contributed by atoms with Gasteiger partial charge in [0.25, 0.3) is 5.79 Å². The number of hydrogen-bond donors (Lipinski definition) is 1. The molecule has 0 bridgehead atoms. The monoisotopic (exact) mass is 472 g/mol. The van der Waals surface area contributed by atoms with E-state index in [0.717, 1.165) is 0 Å². The molecule has 0 aromatic carbocycles. The predicted molar refractivity (Wildman–Crippen MR) is 112 cm³/mol. The van der Waals surface area contributed by atoms with Crippen molar-refractivity contribution in [1.29, 1.82) is 0 Å². The molecule has 33 heavy (non-hydrogen) atoms. The minimum absolute atomic E-state index is 0.0232. The van der Waals surface area contributed by atoms with Gasteiger partial charge in [0.15, 0.2) is 12.2 Å². The molecule has 0 aromatic heterocycles. The average Bonchev–Trinajstić information content (AvgIpc) is 2.72. The van der Waals surface area contributed by atoms with E-state index in [1.807, 2.05) is 0 Å². The van der Waals surface area contributed by atoms with E-state index in [0.29, 0.717) is 31.4 Å². The number of rotatable bonds is 12. The fourth-order valence-corrected chi connectivity index (χ4v) is 3.04. The third-order valence-corrected chi connectivity index (χ3v) is 4.55. The van der Waals surface area contributed by atoms with Gasteiger partial charge >= 0.3 is 29.8 Å². The third-order valence-electron chi connectivity index (χ3n) is 4.55. The summed E-state index contributed by atoms with van der Waals surface area (Å²) in [5.74, 6) is -6.28. The summed E-state index contributed by atoms with van der Waals surface area (Å²) in [5.41, 5.74) is 0. The van der Waals surface area contributed by atoms with Crippen molar-refractivity contribution in [1.82, 2.24) is 0 Å². The third kappa shape index (κ3) is 9.21. The van der Waals surface area contributed by atoms with Crippen LogP contribution in [0.25, 0.3) is 0 Å². The summed E-state index contributed by atoms with van der Waals surface area (Å²) in [6, 6.07) is 0. The summed E-state index contributed by atoms with van der Waals surface area (Å²) in [4.78, 5) is 59.6. The molecule has 11 nitrogen and oxygen atoms in total. The Labute approximate surface area is 192 Å². The summed E-state index contributed by atoms with van der Waals surface area (Å²) in [6.45, 7) is 6.27. The summed E-state index contributed by atoms with van der Waals surface area (Å²) in [7, 11) is 0. The van der Waals surface area contributed by atoms with Gasteiger partial charge in [-0.15, -0.1) is 0 Å². The molecule has 0 saturated carbocycles. The van der Waals surface area contributed by atoms with Gasteiger partial charge in [-0.3, -0.25) is 14.4 Å². The Bertz CT molecular complexity index is 745. The molecule has 1 aliphatic rings. The first-order chi connectivity index (χ1) is 15.6. The minimum atomic E-state index is -1.95. The molecule has 0 unspecified atom stereocenters. The predicted octanol–water partition coefficient (Wildman–Crippen LogP) is 2.05. The Kier molecular flexibility index (Phi) is 11.5. The van der Waals surface area contributed by atoms with Crippen molar-refractivity contribution in [2.75, 3.05) is 6.61 Å². The molecule has 0 radical (unpaired) electrons. The van der Waals surface area contributed by atoms with Crippen molar-refractivity contribution in [3.05, 3.63) is 12.2 Å². The fourth-order valence-electron chi connectivity index (χ4n) is 3.04. The zero-order chi connectivity index (χ0) is 25.0. The number of aliphatic carboxylic acids is 1. The molecule has 0 aromatic rings. The average molecular weight is 472 g/mol. The second-order valence-corrected chi connectivity index (χ2v) is 7.56. The highest BCUT2D eigenvalue weighted by molar-refractivity contribution is 5.90. The van der Waals surface area contributed by atoms with Crippen molar-refractivity contribution in [3.8, 4) is 0 Å². The molecule has 1 aliphatic heterocycles. The van der Waals surface area contributed by atoms with Crippen LogP contribution in [0.1, 0.15) is 66.2 Å². The summed E-state index contributed by atoms with van der Waals surface area (Å²) >= 11 is 0. The number of hydrogen-bond acceptors (Lipinski definition) is 10. The van der Waals surface area contributed by atoms with Crippen molar-refractivity contribution in [2.24, 2.45) is 0 Å². The second-order valence-electron chi connectivity index (χ2n) is 7.56. The minimum Gasteiger partial charge on any atom is -0.478 e. The lowest BCUT2D eigenvalue weighted by Gasteiger charge is -2.45. The van der Waals surface area contributed by atoms with E-state index in [9.17, 15) is 24.0 Å². The summed E-state index contributed by atoms with van der Waals surface area (Å²) in [6.07, 6.45) is -1.04. The lowest BCUT2D eigenvalue weighted by Crippen LogP contribution is -2.64. The van der Waals surface area contributed by atoms with E-state index in [-0.39, 0.29) is 25.9 Å². The van der Waals surface area contributed by atoms with Gasteiger partial charge in [-0.05, 0) is 19.3 Å². The fraction of sp³-hybridized carbons (Fsp3) is 0.682. The lowest BCUT2D eigenvalue weighted by molar-refractivity contribution is -0.321. The molecule has 11 heteroatoms. The van der Waals surface area contributed by atoms with E-state index in [1.165, 1.54) is 6.92 Å². The van der Waals surface area contributed by atoms with Crippen LogP contribution in [-0.4, -0.2) is 65.7 Å². The Morgan fingerprint density at radius 3 is 1.91 bits per heavy atom. The standard InChI is InChI=1S/C22H32O11/c1-5-8-16(25)30-14-13-29-22(4,33-19(28)12-11-15(23)24)21(32-18(27)10-7-3)20(14)31-17(26)9-6-2/h11-12,14,20-21H,5-10,13H2,1-4H3,(H,23,24)/b12-11+/t14-,20+,21-,22-/m1/s1. The molecule has 1 fully saturated rings. The maximum atomic E-state index is 12.3. The topological polar surface area (TPSA) is 152 Å². The van der Waals surface area contributed by atoms with Crippen LogP contribution in [0.2, 0.25) is 0 Å². The van der Waals surface area contributed by atoms with Crippen molar-refractivity contribution in [2.45, 2.75) is 90.3 Å². The number of carboxylic acids is 1. The van der Waals surface area contributed by atoms with E-state index in [4.69, 9.17) is 28.8 Å². The van der Waals surface area contributed by atoms with Crippen LogP contribution in [0.5, 0.6) is 0 Å². The first-order valence-corrected chi connectivity index (χ1v) is 10.9. The summed E-state index contributed by atoms with van der Waals surface area (Å²) in [5, 5.41) is 8.72. The number of ether oxygens (including phenoxy) is 5. The Morgan fingerprint density at radius 2 is 1.39 bits per heavy atom. The van der Waals surface area contributed by atoms with E-state index in [2.05, 4.69) is 0 Å². The Morgan fingerprint density at radius 1 is 0.879 bits per heavy atom. The van der Waals surface area contributed by atoms with Gasteiger partial charge in [-0.2, -0.15) is 0 Å². The molecule has 1 heterocycles. The van der Waals surface area contributed by atoms with Gasteiger partial charge in [0.1, 0.15) is 0 Å². The Balaban J connectivity index is 3.31. The smallest absolute Gasteiger partial charge is 0.333 e. The normalized spacial score (nSPS) is 24.7. The zero-order valence-electron chi connectivity index (χ0n) is 19.4. The van der Waals surface area contributed by atoms with E-state index in [1.54, 1.807) is 20.8 Å². The maximum Gasteiger partial charge on any atom is 0.333 e.